The third-order valence-corrected chi connectivity index (χ3v) is 8.64. The van der Waals surface area contributed by atoms with Gasteiger partial charge < -0.3 is 14.6 Å². The Bertz CT molecular complexity index is 1780. The predicted molar refractivity (Wildman–Crippen MR) is 186 cm³/mol. The van der Waals surface area contributed by atoms with Gasteiger partial charge in [-0.2, -0.15) is 0 Å². The largest absolute Gasteiger partial charge is 0.494 e. The molecule has 5 rings (SSSR count). The number of nitrogens with one attached hydrogen (secondary N) is 2. The van der Waals surface area contributed by atoms with E-state index in [-0.39, 0.29) is 18.9 Å². The first-order valence-corrected chi connectivity index (χ1v) is 16.3. The molecule has 0 aromatic heterocycles. The molecule has 0 saturated carbocycles. The van der Waals surface area contributed by atoms with E-state index in [4.69, 9.17) is 42.8 Å². The number of aliphatic hydroxyl groups is 1. The normalized spacial score (nSPS) is 16.9. The SMILES string of the molecule is [N-]=[N+]=Nc1ccccc1[C@@H]1OC(c2ccc(OCCCO)cc2)=N[C@]1(Cc1ccc(Br)cc1)C(=O)NNCCc1ccc(Cl)cc1Cl. The Morgan fingerprint density at radius 3 is 2.57 bits per heavy atom. The number of hydrogen-bond donors (Lipinski definition) is 3. The van der Waals surface area contributed by atoms with Gasteiger partial charge in [0.25, 0.3) is 5.91 Å². The van der Waals surface area contributed by atoms with Crippen LogP contribution >= 0.6 is 39.1 Å². The molecule has 47 heavy (non-hydrogen) atoms. The maximum Gasteiger partial charge on any atom is 0.266 e. The highest BCUT2D eigenvalue weighted by Gasteiger charge is 2.54. The number of hydrogen-bond acceptors (Lipinski definition) is 7. The molecule has 4 aromatic rings. The minimum Gasteiger partial charge on any atom is -0.494 e. The topological polar surface area (TPSA) is 141 Å². The average molecular weight is 738 g/mol. The van der Waals surface area contributed by atoms with Gasteiger partial charge in [-0.15, -0.1) is 0 Å². The summed E-state index contributed by atoms with van der Waals surface area (Å²) in [6, 6.07) is 27.0. The number of amides is 1. The number of ether oxygens (including phenoxy) is 2. The quantitative estimate of drug-likeness (QED) is 0.0398. The fourth-order valence-corrected chi connectivity index (χ4v) is 5.96. The van der Waals surface area contributed by atoms with Gasteiger partial charge in [0.15, 0.2) is 11.6 Å². The lowest BCUT2D eigenvalue weighted by molar-refractivity contribution is -0.130. The summed E-state index contributed by atoms with van der Waals surface area (Å²) in [6.45, 7) is 0.781. The molecule has 1 aliphatic rings. The molecule has 10 nitrogen and oxygen atoms in total. The Balaban J connectivity index is 1.52. The molecule has 0 fully saturated rings. The second-order valence-corrected chi connectivity index (χ2v) is 12.5. The van der Waals surface area contributed by atoms with Crippen molar-refractivity contribution < 1.29 is 19.4 Å². The zero-order valence-corrected chi connectivity index (χ0v) is 28.2. The van der Waals surface area contributed by atoms with E-state index in [1.54, 1.807) is 60.7 Å². The Hall–Kier alpha value is -4.09. The lowest BCUT2D eigenvalue weighted by atomic mass is 9.81. The van der Waals surface area contributed by atoms with Crippen LogP contribution in [0.1, 0.15) is 34.8 Å². The number of benzene rings is 4. The lowest BCUT2D eigenvalue weighted by Gasteiger charge is -2.31. The molecule has 242 valence electrons. The molecule has 0 saturated heterocycles. The van der Waals surface area contributed by atoms with Crippen LogP contribution in [0, 0.1) is 0 Å². The van der Waals surface area contributed by atoms with E-state index in [0.29, 0.717) is 58.6 Å². The molecule has 0 aliphatic carbocycles. The molecule has 0 unspecified atom stereocenters. The second kappa shape index (κ2) is 16.1. The second-order valence-electron chi connectivity index (χ2n) is 10.7. The number of aliphatic hydroxyl groups excluding tert-OH is 1. The van der Waals surface area contributed by atoms with Crippen molar-refractivity contribution in [1.82, 2.24) is 10.9 Å². The molecule has 1 amide bonds. The lowest BCUT2D eigenvalue weighted by Crippen LogP contribution is -2.54. The summed E-state index contributed by atoms with van der Waals surface area (Å²) in [4.78, 5) is 22.5. The predicted octanol–water partition coefficient (Wildman–Crippen LogP) is 7.82. The number of halogens is 3. The van der Waals surface area contributed by atoms with Crippen molar-refractivity contribution in [3.8, 4) is 5.75 Å². The molecule has 0 bridgehead atoms. The molecule has 1 heterocycles. The van der Waals surface area contributed by atoms with Gasteiger partial charge in [0.2, 0.25) is 5.90 Å². The summed E-state index contributed by atoms with van der Waals surface area (Å²) in [5.74, 6) is 0.421. The van der Waals surface area contributed by atoms with Crippen molar-refractivity contribution in [3.63, 3.8) is 0 Å². The third-order valence-electron chi connectivity index (χ3n) is 7.52. The number of aliphatic imine (C=N–C) groups is 1. The monoisotopic (exact) mass is 736 g/mol. The van der Waals surface area contributed by atoms with E-state index in [2.05, 4.69) is 36.8 Å². The number of carbonyl (C=O) groups excluding carboxylic acids is 1. The Morgan fingerprint density at radius 2 is 1.85 bits per heavy atom. The number of azide groups is 1. The minimum atomic E-state index is -1.52. The fourth-order valence-electron chi connectivity index (χ4n) is 5.19. The van der Waals surface area contributed by atoms with Crippen LogP contribution in [0.2, 0.25) is 10.0 Å². The van der Waals surface area contributed by atoms with Gasteiger partial charge in [-0.3, -0.25) is 10.2 Å². The standard InChI is InChI=1S/C34H31BrCl2N6O4/c35-25-11-6-22(7-12-25)21-34(33(45)42-39-17-16-23-8-13-26(36)20-29(23)37)31(28-4-1-2-5-30(28)41-43-38)47-32(40-34)24-9-14-27(15-10-24)46-19-3-18-44/h1-2,4-15,20,31,39,44H,3,16-19,21H2,(H,42,45)/t31-,34-/m0/s1. The van der Waals surface area contributed by atoms with Crippen LogP contribution in [0.25, 0.3) is 10.4 Å². The van der Waals surface area contributed by atoms with Crippen molar-refractivity contribution in [2.75, 3.05) is 19.8 Å². The maximum absolute atomic E-state index is 14.4. The highest BCUT2D eigenvalue weighted by molar-refractivity contribution is 9.10. The van der Waals surface area contributed by atoms with Gasteiger partial charge in [-0.05, 0) is 71.6 Å². The van der Waals surface area contributed by atoms with Crippen LogP contribution in [0.5, 0.6) is 5.75 Å². The van der Waals surface area contributed by atoms with Crippen LogP contribution < -0.4 is 15.6 Å². The Kier molecular flexibility index (Phi) is 11.8. The molecule has 1 aliphatic heterocycles. The summed E-state index contributed by atoms with van der Waals surface area (Å²) in [5.41, 5.74) is 16.9. The molecular formula is C34H31BrCl2N6O4. The van der Waals surface area contributed by atoms with Crippen molar-refractivity contribution in [2.24, 2.45) is 10.1 Å². The number of hydrazine groups is 1. The van der Waals surface area contributed by atoms with Crippen molar-refractivity contribution >= 4 is 56.6 Å². The van der Waals surface area contributed by atoms with Crippen LogP contribution in [-0.2, 0) is 22.4 Å². The molecule has 4 aromatic carbocycles. The maximum atomic E-state index is 14.4. The first-order valence-electron chi connectivity index (χ1n) is 14.8. The first-order chi connectivity index (χ1) is 22.8. The summed E-state index contributed by atoms with van der Waals surface area (Å²) < 4.78 is 13.1. The summed E-state index contributed by atoms with van der Waals surface area (Å²) in [6.07, 6.45) is 0.239. The molecular weight excluding hydrogens is 707 g/mol. The van der Waals surface area contributed by atoms with Crippen LogP contribution in [0.15, 0.2) is 106 Å². The zero-order chi connectivity index (χ0) is 33.2. The summed E-state index contributed by atoms with van der Waals surface area (Å²) in [7, 11) is 0. The Labute approximate surface area is 290 Å². The van der Waals surface area contributed by atoms with Crippen LogP contribution in [0.4, 0.5) is 5.69 Å². The van der Waals surface area contributed by atoms with Crippen molar-refractivity contribution in [2.45, 2.75) is 30.9 Å². The number of carbonyl (C=O) groups is 1. The van der Waals surface area contributed by atoms with Crippen LogP contribution in [-0.4, -0.2) is 42.2 Å². The van der Waals surface area contributed by atoms with E-state index < -0.39 is 17.6 Å². The van der Waals surface area contributed by atoms with Gasteiger partial charge in [0.05, 0.1) is 6.61 Å². The van der Waals surface area contributed by atoms with Gasteiger partial charge in [-0.1, -0.05) is 86.7 Å². The molecule has 13 heteroatoms. The number of rotatable bonds is 14. The smallest absolute Gasteiger partial charge is 0.266 e. The summed E-state index contributed by atoms with van der Waals surface area (Å²) >= 11 is 15.9. The van der Waals surface area contributed by atoms with Crippen LogP contribution in [0.3, 0.4) is 0 Å². The van der Waals surface area contributed by atoms with E-state index in [0.717, 1.165) is 15.6 Å². The molecule has 0 spiro atoms. The highest BCUT2D eigenvalue weighted by atomic mass is 79.9. The van der Waals surface area contributed by atoms with E-state index in [9.17, 15) is 10.3 Å². The third kappa shape index (κ3) is 8.44. The number of nitrogens with zero attached hydrogens (tertiary/aromatic N) is 4. The average Bonchev–Trinajstić information content (AvgIpc) is 3.46. The van der Waals surface area contributed by atoms with E-state index in [1.165, 1.54) is 0 Å². The van der Waals surface area contributed by atoms with E-state index in [1.807, 2.05) is 30.3 Å². The molecule has 2 atom stereocenters. The summed E-state index contributed by atoms with van der Waals surface area (Å²) in [5, 5.41) is 14.1. The molecule has 0 radical (unpaired) electrons. The Morgan fingerprint density at radius 1 is 1.09 bits per heavy atom. The van der Waals surface area contributed by atoms with Crippen molar-refractivity contribution in [1.29, 1.82) is 0 Å². The van der Waals surface area contributed by atoms with Crippen molar-refractivity contribution in [3.05, 3.63) is 138 Å². The first kappa shape index (κ1) is 34.3. The zero-order valence-electron chi connectivity index (χ0n) is 25.1. The van der Waals surface area contributed by atoms with Gasteiger partial charge in [-0.25, -0.2) is 10.4 Å². The highest BCUT2D eigenvalue weighted by Crippen LogP contribution is 2.45. The van der Waals surface area contributed by atoms with Gasteiger partial charge >= 0.3 is 0 Å². The van der Waals surface area contributed by atoms with Gasteiger partial charge in [0, 0.05) is 62.2 Å². The van der Waals surface area contributed by atoms with Gasteiger partial charge in [0.1, 0.15) is 5.75 Å². The molecule has 3 N–H and O–H groups in total. The fraction of sp³-hybridized carbons (Fsp3) is 0.235. The van der Waals surface area contributed by atoms with E-state index >= 15 is 0 Å². The minimum absolute atomic E-state index is 0.0354.